The predicted molar refractivity (Wildman–Crippen MR) is 207 cm³/mol. The molecule has 6 rings (SSSR count). The van der Waals surface area contributed by atoms with E-state index in [1.165, 1.54) is 27.9 Å². The lowest BCUT2D eigenvalue weighted by Gasteiger charge is -2.37. The Kier molecular flexibility index (Phi) is 13.1. The van der Waals surface area contributed by atoms with Gasteiger partial charge < -0.3 is 35.0 Å². The molecule has 1 aliphatic rings. The number of aliphatic hydroxyl groups is 3. The summed E-state index contributed by atoms with van der Waals surface area (Å²) >= 11 is 0. The van der Waals surface area contributed by atoms with Gasteiger partial charge in [-0.15, -0.1) is 5.10 Å². The average Bonchev–Trinajstić information content (AvgIpc) is 3.84. The Balaban J connectivity index is 0.000000228. The Morgan fingerprint density at radius 3 is 2.36 bits per heavy atom. The fraction of sp³-hybridized carbons (Fsp3) is 0.385. The highest BCUT2D eigenvalue weighted by Gasteiger charge is 2.43. The largest absolute Gasteiger partial charge is 0.475 e. The van der Waals surface area contributed by atoms with Crippen molar-refractivity contribution >= 4 is 34.5 Å². The minimum Gasteiger partial charge on any atom is -0.475 e. The fourth-order valence-electron chi connectivity index (χ4n) is 5.92. The Hall–Kier alpha value is -5.52. The van der Waals surface area contributed by atoms with E-state index in [1.807, 2.05) is 81.4 Å². The Labute approximate surface area is 319 Å². The number of benzene rings is 2. The fourth-order valence-corrected chi connectivity index (χ4v) is 5.92. The zero-order valence-electron chi connectivity index (χ0n) is 31.9. The lowest BCUT2D eigenvalue weighted by Crippen LogP contribution is -2.61. The van der Waals surface area contributed by atoms with Crippen molar-refractivity contribution in [3.05, 3.63) is 78.8 Å². The minimum atomic E-state index is -2.61. The molecule has 5 aromatic rings. The molecule has 3 aromatic heterocycles. The summed E-state index contributed by atoms with van der Waals surface area (Å²) in [6, 6.07) is 17.1. The zero-order chi connectivity index (χ0) is 39.8. The number of nitrogens with zero attached hydrogens (tertiary/aromatic N) is 7. The molecule has 0 atom stereocenters. The number of anilines is 1. The van der Waals surface area contributed by atoms with Gasteiger partial charge in [-0.1, -0.05) is 37.3 Å². The monoisotopic (exact) mass is 755 g/mol. The number of carbonyl (C=O) groups excluding carboxylic acids is 2. The van der Waals surface area contributed by atoms with Crippen molar-refractivity contribution in [2.24, 2.45) is 0 Å². The molecule has 16 nitrogen and oxygen atoms in total. The van der Waals surface area contributed by atoms with Crippen molar-refractivity contribution in [2.45, 2.75) is 65.2 Å². The van der Waals surface area contributed by atoms with Gasteiger partial charge in [0, 0.05) is 61.2 Å². The van der Waals surface area contributed by atoms with E-state index in [2.05, 4.69) is 30.6 Å². The van der Waals surface area contributed by atoms with Crippen molar-refractivity contribution in [1.29, 1.82) is 0 Å². The molecule has 0 saturated heterocycles. The Morgan fingerprint density at radius 1 is 1.05 bits per heavy atom. The summed E-state index contributed by atoms with van der Waals surface area (Å²) in [5.41, 5.74) is 5.07. The van der Waals surface area contributed by atoms with Crippen LogP contribution in [0.15, 0.2) is 73.2 Å². The van der Waals surface area contributed by atoms with Crippen LogP contribution >= 0.6 is 0 Å². The molecule has 4 heterocycles. The summed E-state index contributed by atoms with van der Waals surface area (Å²) in [4.78, 5) is 34.6. The number of ether oxygens (including phenoxy) is 2. The first-order valence-electron chi connectivity index (χ1n) is 18.0. The maximum Gasteiger partial charge on any atom is 0.310 e. The van der Waals surface area contributed by atoms with Gasteiger partial charge in [0.15, 0.2) is 11.5 Å². The number of amides is 2. The number of aromatic amines is 1. The molecule has 2 amide bonds. The molecule has 0 spiro atoms. The number of hydrogen-bond acceptors (Lipinski definition) is 12. The van der Waals surface area contributed by atoms with E-state index >= 15 is 0 Å². The van der Waals surface area contributed by atoms with Crippen LogP contribution in [-0.4, -0.2) is 113 Å². The molecule has 1 aliphatic heterocycles. The van der Waals surface area contributed by atoms with Crippen LogP contribution in [-0.2, 0) is 20.1 Å². The van der Waals surface area contributed by atoms with Crippen LogP contribution in [0, 0.1) is 0 Å². The summed E-state index contributed by atoms with van der Waals surface area (Å²) in [7, 11) is 1.44. The Bertz CT molecular complexity index is 2060. The van der Waals surface area contributed by atoms with E-state index in [9.17, 15) is 24.9 Å². The van der Waals surface area contributed by atoms with Crippen molar-refractivity contribution in [1.82, 2.24) is 39.7 Å². The molecule has 5 N–H and O–H groups in total. The molecule has 292 valence electrons. The van der Waals surface area contributed by atoms with Crippen molar-refractivity contribution in [3.63, 3.8) is 0 Å². The van der Waals surface area contributed by atoms with Crippen LogP contribution in [0.5, 0.6) is 5.88 Å². The summed E-state index contributed by atoms with van der Waals surface area (Å²) in [5, 5.41) is 46.2. The number of rotatable bonds is 14. The van der Waals surface area contributed by atoms with Gasteiger partial charge in [-0.3, -0.25) is 14.7 Å². The highest BCUT2D eigenvalue weighted by Crippen LogP contribution is 2.29. The summed E-state index contributed by atoms with van der Waals surface area (Å²) in [5.74, 6) is -2.26. The maximum absolute atomic E-state index is 12.8. The predicted octanol–water partition coefficient (Wildman–Crippen LogP) is 4.18. The molecule has 0 fully saturated rings. The summed E-state index contributed by atoms with van der Waals surface area (Å²) < 4.78 is 12.0. The summed E-state index contributed by atoms with van der Waals surface area (Å²) in [6.45, 7) is 9.98. The Morgan fingerprint density at radius 2 is 1.78 bits per heavy atom. The molecule has 0 unspecified atom stereocenters. The third-order valence-electron chi connectivity index (χ3n) is 8.72. The second kappa shape index (κ2) is 17.7. The molecule has 0 radical (unpaired) electrons. The standard InChI is InChI=1S/C23H33N5O5.C16H16N4O2/c1-5-12-27(16-33-4)23(31,32)21(29)26-13-10-18(11-14-26)17-6-8-19(9-7-17)20-24-15-28(25-20)22(2,3)30;1-10(2)22-15-6-3-11(8-17-15)16-13-7-12(18-9-21)4-5-14(13)19-20-16/h6-10,15,30-32H,5,11-14,16H2,1-4H3;3-10H,1-2H3,(H,18,21)(H,19,20). The van der Waals surface area contributed by atoms with Gasteiger partial charge in [0.25, 0.3) is 5.91 Å². The number of methoxy groups -OCH3 is 1. The van der Waals surface area contributed by atoms with Crippen LogP contribution in [0.1, 0.15) is 53.0 Å². The SMILES string of the molecule is CC(C)Oc1ccc(-c2n[nH]c3ccc(NC=O)cc23)cn1.CCCN(COC)C(O)(O)C(=O)N1CC=C(c2ccc(-c3ncn(C(C)(C)O)n3)cc2)CC1. The first kappa shape index (κ1) is 40.7. The summed E-state index contributed by atoms with van der Waals surface area (Å²) in [6.07, 6.45) is 7.12. The number of H-pyrrole nitrogens is 1. The van der Waals surface area contributed by atoms with Gasteiger partial charge in [-0.2, -0.15) is 5.10 Å². The molecular weight excluding hydrogens is 706 g/mol. The van der Waals surface area contributed by atoms with Gasteiger partial charge in [-0.05, 0) is 75.9 Å². The quantitative estimate of drug-likeness (QED) is 0.0800. The van der Waals surface area contributed by atoms with E-state index in [-0.39, 0.29) is 19.4 Å². The molecule has 16 heteroatoms. The molecular formula is C39H49N9O7. The first-order chi connectivity index (χ1) is 26.2. The normalized spacial score (nSPS) is 13.4. The van der Waals surface area contributed by atoms with Crippen molar-refractivity contribution in [2.75, 3.05) is 38.8 Å². The number of carbonyl (C=O) groups is 2. The van der Waals surface area contributed by atoms with E-state index in [1.54, 1.807) is 20.0 Å². The lowest BCUT2D eigenvalue weighted by atomic mass is 9.98. The third-order valence-corrected chi connectivity index (χ3v) is 8.72. The second-order valence-electron chi connectivity index (χ2n) is 13.8. The average molecular weight is 756 g/mol. The van der Waals surface area contributed by atoms with E-state index < -0.39 is 17.5 Å². The van der Waals surface area contributed by atoms with E-state index in [0.29, 0.717) is 44.0 Å². The van der Waals surface area contributed by atoms with Crippen molar-refractivity contribution < 1.29 is 34.4 Å². The van der Waals surface area contributed by atoms with Gasteiger partial charge in [0.05, 0.1) is 11.6 Å². The van der Waals surface area contributed by atoms with Crippen molar-refractivity contribution in [3.8, 4) is 28.5 Å². The second-order valence-corrected chi connectivity index (χ2v) is 13.8. The third kappa shape index (κ3) is 9.97. The number of aromatic nitrogens is 6. The maximum atomic E-state index is 12.8. The molecule has 2 aromatic carbocycles. The number of nitrogens with one attached hydrogen (secondary N) is 2. The molecule has 55 heavy (non-hydrogen) atoms. The smallest absolute Gasteiger partial charge is 0.310 e. The van der Waals surface area contributed by atoms with E-state index in [0.717, 1.165) is 44.5 Å². The lowest BCUT2D eigenvalue weighted by molar-refractivity contribution is -0.271. The van der Waals surface area contributed by atoms with Gasteiger partial charge in [0.1, 0.15) is 18.8 Å². The number of fused-ring (bicyclic) bond motifs is 1. The highest BCUT2D eigenvalue weighted by atomic mass is 16.6. The van der Waals surface area contributed by atoms with Gasteiger partial charge in [-0.25, -0.2) is 19.5 Å². The van der Waals surface area contributed by atoms with Crippen LogP contribution in [0.3, 0.4) is 0 Å². The number of pyridine rings is 1. The number of hydrogen-bond donors (Lipinski definition) is 5. The van der Waals surface area contributed by atoms with Crippen LogP contribution < -0.4 is 10.1 Å². The minimum absolute atomic E-state index is 0.0588. The topological polar surface area (TPSA) is 204 Å². The first-order valence-corrected chi connectivity index (χ1v) is 18.0. The molecule has 0 bridgehead atoms. The van der Waals surface area contributed by atoms with Crippen LogP contribution in [0.4, 0.5) is 5.69 Å². The molecule has 0 aliphatic carbocycles. The van der Waals surface area contributed by atoms with Gasteiger partial charge in [0.2, 0.25) is 12.3 Å². The zero-order valence-corrected chi connectivity index (χ0v) is 31.9. The van der Waals surface area contributed by atoms with Crippen LogP contribution in [0.2, 0.25) is 0 Å². The highest BCUT2D eigenvalue weighted by molar-refractivity contribution is 5.95. The van der Waals surface area contributed by atoms with E-state index in [4.69, 9.17) is 9.47 Å². The van der Waals surface area contributed by atoms with Gasteiger partial charge >= 0.3 is 5.91 Å². The van der Waals surface area contributed by atoms with Crippen LogP contribution in [0.25, 0.3) is 39.1 Å². The molecule has 0 saturated carbocycles.